The smallest absolute Gasteiger partial charge is 0.268 e. The van der Waals surface area contributed by atoms with E-state index in [2.05, 4.69) is 0 Å². The number of hydrogen-bond donors (Lipinski definition) is 0. The second-order valence-electron chi connectivity index (χ2n) is 6.32. The summed E-state index contributed by atoms with van der Waals surface area (Å²) >= 11 is 0. The van der Waals surface area contributed by atoms with Crippen molar-refractivity contribution in [3.05, 3.63) is 65.4 Å². The van der Waals surface area contributed by atoms with Crippen molar-refractivity contribution in [3.63, 3.8) is 0 Å². The quantitative estimate of drug-likeness (QED) is 0.388. The molecule has 0 bridgehead atoms. The zero-order chi connectivity index (χ0) is 16.9. The molecule has 25 heavy (non-hydrogen) atoms. The lowest BCUT2D eigenvalue weighted by molar-refractivity contribution is -0.493. The lowest BCUT2D eigenvalue weighted by Crippen LogP contribution is -3.00. The molecule has 1 aliphatic rings. The minimum Gasteiger partial charge on any atom is -1.00 e. The number of hydrogen-bond acceptors (Lipinski definition) is 2. The maximum atomic E-state index is 13.3. The summed E-state index contributed by atoms with van der Waals surface area (Å²) in [5.41, 5.74) is 3.67. The third-order valence-corrected chi connectivity index (χ3v) is 6.33. The fourth-order valence-corrected chi connectivity index (χ4v) is 4.85. The molecule has 4 nitrogen and oxygen atoms in total. The largest absolute Gasteiger partial charge is 1.00 e. The molecule has 0 saturated carbocycles. The third kappa shape index (κ3) is 2.91. The van der Waals surface area contributed by atoms with Crippen LogP contribution in [0.25, 0.3) is 10.9 Å². The zero-order valence-corrected chi connectivity index (χ0v) is 17.1. The van der Waals surface area contributed by atoms with Gasteiger partial charge in [0.05, 0.1) is 10.4 Å². The van der Waals surface area contributed by atoms with Crippen LogP contribution in [0.2, 0.25) is 0 Å². The van der Waals surface area contributed by atoms with Gasteiger partial charge in [0.1, 0.15) is 19.3 Å². The zero-order valence-electron chi connectivity index (χ0n) is 14.1. The summed E-state index contributed by atoms with van der Waals surface area (Å²) < 4.78 is 30.2. The van der Waals surface area contributed by atoms with E-state index in [1.807, 2.05) is 61.2 Å². The minimum atomic E-state index is -3.65. The predicted octanol–water partition coefficient (Wildman–Crippen LogP) is -0.192. The number of nitrogens with zero attached hydrogens (tertiary/aromatic N) is 2. The van der Waals surface area contributed by atoms with Gasteiger partial charge in [-0.1, -0.05) is 35.9 Å². The molecule has 0 saturated heterocycles. The molecule has 2 aromatic carbocycles. The second kappa shape index (κ2) is 6.57. The molecular formula is C19H19IN2O2S. The molecule has 0 unspecified atom stereocenters. The first-order chi connectivity index (χ1) is 11.5. The molecule has 130 valence electrons. The van der Waals surface area contributed by atoms with Crippen LogP contribution in [-0.4, -0.2) is 36.8 Å². The summed E-state index contributed by atoms with van der Waals surface area (Å²) in [5.74, 6) is 0. The Balaban J connectivity index is 0.00000182. The van der Waals surface area contributed by atoms with Crippen molar-refractivity contribution in [2.24, 2.45) is 0 Å². The molecule has 1 aliphatic heterocycles. The van der Waals surface area contributed by atoms with Crippen molar-refractivity contribution in [3.8, 4) is 0 Å². The Morgan fingerprint density at radius 1 is 1.04 bits per heavy atom. The molecule has 6 heteroatoms. The second-order valence-corrected chi connectivity index (χ2v) is 8.11. The van der Waals surface area contributed by atoms with Gasteiger partial charge in [-0.05, 0) is 30.7 Å². The third-order valence-electron chi connectivity index (χ3n) is 4.59. The van der Waals surface area contributed by atoms with E-state index < -0.39 is 10.0 Å². The average molecular weight is 466 g/mol. The lowest BCUT2D eigenvalue weighted by atomic mass is 10.1. The van der Waals surface area contributed by atoms with Crippen LogP contribution < -0.4 is 24.0 Å². The Morgan fingerprint density at radius 3 is 2.44 bits per heavy atom. The van der Waals surface area contributed by atoms with Crippen molar-refractivity contribution >= 4 is 27.1 Å². The van der Waals surface area contributed by atoms with Crippen molar-refractivity contribution in [1.82, 2.24) is 3.97 Å². The summed E-state index contributed by atoms with van der Waals surface area (Å²) in [6.45, 7) is 2.84. The highest BCUT2D eigenvalue weighted by Crippen LogP contribution is 2.31. The summed E-state index contributed by atoms with van der Waals surface area (Å²) in [7, 11) is -1.67. The maximum absolute atomic E-state index is 13.3. The van der Waals surface area contributed by atoms with E-state index in [9.17, 15) is 8.42 Å². The highest BCUT2D eigenvalue weighted by atomic mass is 127. The van der Waals surface area contributed by atoms with Crippen LogP contribution in [0, 0.1) is 6.92 Å². The SMILES string of the molecule is Cc1ccc(S(=O)(=O)n2c3c(c4ccccc42)CC[N+](C)=C3)cc1.[I-]. The fourth-order valence-electron chi connectivity index (χ4n) is 3.33. The maximum Gasteiger partial charge on any atom is 0.268 e. The van der Waals surface area contributed by atoms with Gasteiger partial charge >= 0.3 is 0 Å². The number of para-hydroxylation sites is 1. The van der Waals surface area contributed by atoms with Gasteiger partial charge in [-0.15, -0.1) is 0 Å². The molecule has 1 aromatic heterocycles. The first-order valence-electron chi connectivity index (χ1n) is 7.98. The van der Waals surface area contributed by atoms with Crippen LogP contribution in [0.5, 0.6) is 0 Å². The van der Waals surface area contributed by atoms with Gasteiger partial charge in [0.15, 0.2) is 6.21 Å². The predicted molar refractivity (Wildman–Crippen MR) is 95.6 cm³/mol. The highest BCUT2D eigenvalue weighted by molar-refractivity contribution is 7.90. The van der Waals surface area contributed by atoms with Gasteiger partial charge in [-0.25, -0.2) is 17.0 Å². The van der Waals surface area contributed by atoms with E-state index in [0.717, 1.165) is 40.7 Å². The normalized spacial score (nSPS) is 13.9. The van der Waals surface area contributed by atoms with Gasteiger partial charge in [0.2, 0.25) is 0 Å². The Bertz CT molecular complexity index is 1080. The molecule has 0 spiro atoms. The number of likely N-dealkylation sites (N-methyl/N-ethyl adjacent to an activating group) is 1. The summed E-state index contributed by atoms with van der Waals surface area (Å²) in [6.07, 6.45) is 2.78. The number of rotatable bonds is 2. The van der Waals surface area contributed by atoms with Gasteiger partial charge < -0.3 is 24.0 Å². The summed E-state index contributed by atoms with van der Waals surface area (Å²) in [6, 6.07) is 14.8. The number of halogens is 1. The molecule has 2 heterocycles. The molecular weight excluding hydrogens is 447 g/mol. The van der Waals surface area contributed by atoms with Crippen molar-refractivity contribution in [1.29, 1.82) is 0 Å². The van der Waals surface area contributed by atoms with Crippen LogP contribution in [0.1, 0.15) is 16.8 Å². The van der Waals surface area contributed by atoms with E-state index in [1.54, 1.807) is 12.1 Å². The van der Waals surface area contributed by atoms with Crippen LogP contribution in [-0.2, 0) is 16.4 Å². The van der Waals surface area contributed by atoms with E-state index in [-0.39, 0.29) is 24.0 Å². The number of benzene rings is 2. The van der Waals surface area contributed by atoms with Gasteiger partial charge in [0.25, 0.3) is 10.0 Å². The Labute approximate surface area is 164 Å². The highest BCUT2D eigenvalue weighted by Gasteiger charge is 2.29. The Morgan fingerprint density at radius 2 is 1.72 bits per heavy atom. The van der Waals surface area contributed by atoms with Gasteiger partial charge in [0, 0.05) is 11.8 Å². The first kappa shape index (κ1) is 18.1. The molecule has 4 rings (SSSR count). The van der Waals surface area contributed by atoms with Crippen LogP contribution >= 0.6 is 0 Å². The molecule has 0 N–H and O–H groups in total. The Hall–Kier alpha value is -1.67. The van der Waals surface area contributed by atoms with Crippen molar-refractivity contribution in [2.45, 2.75) is 18.2 Å². The molecule has 0 radical (unpaired) electrons. The summed E-state index contributed by atoms with van der Waals surface area (Å²) in [5, 5.41) is 1.02. The standard InChI is InChI=1S/C19H19N2O2S.HI/c1-14-7-9-15(10-8-14)24(22,23)21-18-6-4-3-5-16(18)17-11-12-20(2)13-19(17)21;/h3-10,13H,11-12H2,1-2H3;1H/q+1;/p-1. The van der Waals surface area contributed by atoms with Gasteiger partial charge in [-0.2, -0.15) is 0 Å². The van der Waals surface area contributed by atoms with Crippen LogP contribution in [0.4, 0.5) is 0 Å². The molecule has 0 atom stereocenters. The first-order valence-corrected chi connectivity index (χ1v) is 9.42. The molecule has 3 aromatic rings. The fraction of sp³-hybridized carbons (Fsp3) is 0.211. The van der Waals surface area contributed by atoms with E-state index in [0.29, 0.717) is 4.90 Å². The topological polar surface area (TPSA) is 42.1 Å². The molecule has 0 fully saturated rings. The Kier molecular flexibility index (Phi) is 4.76. The number of fused-ring (bicyclic) bond motifs is 3. The molecule has 0 amide bonds. The average Bonchev–Trinajstić information content (AvgIpc) is 2.89. The monoisotopic (exact) mass is 466 g/mol. The van der Waals surface area contributed by atoms with Gasteiger partial charge in [-0.3, -0.25) is 0 Å². The summed E-state index contributed by atoms with van der Waals surface area (Å²) in [4.78, 5) is 0.318. The lowest BCUT2D eigenvalue weighted by Gasteiger charge is -2.12. The minimum absolute atomic E-state index is 0. The van der Waals surface area contributed by atoms with E-state index in [4.69, 9.17) is 0 Å². The van der Waals surface area contributed by atoms with E-state index >= 15 is 0 Å². The van der Waals surface area contributed by atoms with Crippen molar-refractivity contribution in [2.75, 3.05) is 13.6 Å². The molecule has 0 aliphatic carbocycles. The number of aryl methyl sites for hydroxylation is 1. The number of aromatic nitrogens is 1. The van der Waals surface area contributed by atoms with Crippen LogP contribution in [0.15, 0.2) is 53.4 Å². The van der Waals surface area contributed by atoms with Crippen LogP contribution in [0.3, 0.4) is 0 Å². The van der Waals surface area contributed by atoms with Crippen molar-refractivity contribution < 1.29 is 37.0 Å². The van der Waals surface area contributed by atoms with E-state index in [1.165, 1.54) is 3.97 Å².